The zero-order chi connectivity index (χ0) is 22.1. The average Bonchev–Trinajstić information content (AvgIpc) is 3.35. The van der Waals surface area contributed by atoms with Crippen molar-refractivity contribution < 1.29 is 27.3 Å². The summed E-state index contributed by atoms with van der Waals surface area (Å²) in [6.07, 6.45) is 2.38. The molecule has 0 aromatic carbocycles. The maximum absolute atomic E-state index is 13.2. The highest BCUT2D eigenvalue weighted by Gasteiger charge is 2.50. The fourth-order valence-corrected chi connectivity index (χ4v) is 5.90. The van der Waals surface area contributed by atoms with E-state index >= 15 is 0 Å². The van der Waals surface area contributed by atoms with Crippen LogP contribution in [0.2, 0.25) is 0 Å². The Balaban J connectivity index is 1.73. The highest BCUT2D eigenvalue weighted by atomic mass is 32.2. The van der Waals surface area contributed by atoms with Crippen LogP contribution in [0.4, 0.5) is 0 Å². The van der Waals surface area contributed by atoms with E-state index in [1.807, 2.05) is 6.92 Å². The number of carbonyl (C=O) groups excluding carboxylic acids is 2. The van der Waals surface area contributed by atoms with Gasteiger partial charge in [0, 0.05) is 37.0 Å². The van der Waals surface area contributed by atoms with Crippen molar-refractivity contribution in [1.82, 2.24) is 14.7 Å². The summed E-state index contributed by atoms with van der Waals surface area (Å²) in [7, 11) is 1.66. The molecule has 10 nitrogen and oxygen atoms in total. The van der Waals surface area contributed by atoms with Gasteiger partial charge in [-0.25, -0.2) is 4.79 Å². The fourth-order valence-electron chi connectivity index (χ4n) is 3.69. The van der Waals surface area contributed by atoms with Crippen molar-refractivity contribution >= 4 is 35.0 Å². The second kappa shape index (κ2) is 8.95. The smallest absolute Gasteiger partial charge is 0.359 e. The molecule has 1 aliphatic heterocycles. The zero-order valence-corrected chi connectivity index (χ0v) is 19.0. The summed E-state index contributed by atoms with van der Waals surface area (Å²) in [5.74, 6) is -0.666. The maximum Gasteiger partial charge on any atom is 0.359 e. The minimum absolute atomic E-state index is 0.0434. The summed E-state index contributed by atoms with van der Waals surface area (Å²) in [5.41, 5.74) is 7.18. The Kier molecular flexibility index (Phi) is 6.92. The molecule has 1 aliphatic carbocycles. The summed E-state index contributed by atoms with van der Waals surface area (Å²) in [6, 6.07) is 0. The molecule has 3 rings (SSSR count). The molecule has 0 spiro atoms. The number of thioether (sulfide) groups is 1. The second-order valence-corrected chi connectivity index (χ2v) is 10.6. The summed E-state index contributed by atoms with van der Waals surface area (Å²) < 4.78 is 30.5. The molecule has 1 fully saturated rings. The lowest BCUT2D eigenvalue weighted by Gasteiger charge is -2.35. The highest BCUT2D eigenvalue weighted by Crippen LogP contribution is 2.54. The first-order valence-corrected chi connectivity index (χ1v) is 11.6. The van der Waals surface area contributed by atoms with Gasteiger partial charge in [0.25, 0.3) is 5.91 Å². The Hall–Kier alpha value is -1.47. The van der Waals surface area contributed by atoms with Gasteiger partial charge in [0.1, 0.15) is 5.69 Å². The number of ether oxygens (including phenoxy) is 1. The Labute approximate surface area is 182 Å². The molecular formula is C18H28N4O6S2. The first-order chi connectivity index (χ1) is 14.1. The van der Waals surface area contributed by atoms with Crippen LogP contribution in [0.3, 0.4) is 0 Å². The first-order valence-electron chi connectivity index (χ1n) is 9.80. The predicted molar refractivity (Wildman–Crippen MR) is 113 cm³/mol. The van der Waals surface area contributed by atoms with Gasteiger partial charge in [-0.1, -0.05) is 0 Å². The van der Waals surface area contributed by atoms with Crippen molar-refractivity contribution in [2.24, 2.45) is 12.8 Å². The van der Waals surface area contributed by atoms with E-state index < -0.39 is 22.1 Å². The molecule has 0 radical (unpaired) electrons. The average molecular weight is 461 g/mol. The van der Waals surface area contributed by atoms with E-state index in [9.17, 15) is 13.8 Å². The minimum Gasteiger partial charge on any atom is -0.461 e. The molecule has 2 aliphatic rings. The second-order valence-electron chi connectivity index (χ2n) is 7.91. The molecule has 1 saturated carbocycles. The number of amides is 1. The van der Waals surface area contributed by atoms with E-state index in [1.165, 1.54) is 4.68 Å². The van der Waals surface area contributed by atoms with Gasteiger partial charge in [-0.2, -0.15) is 9.31 Å². The van der Waals surface area contributed by atoms with Crippen molar-refractivity contribution in [2.75, 3.05) is 32.8 Å². The number of rotatable bonds is 10. The lowest BCUT2D eigenvalue weighted by atomic mass is 10.0. The molecule has 1 aromatic heterocycles. The number of carbonyl (C=O) groups is 2. The number of nitrogens with two attached hydrogens (primary N) is 1. The van der Waals surface area contributed by atoms with Crippen molar-refractivity contribution in [3.8, 4) is 0 Å². The third-order valence-electron chi connectivity index (χ3n) is 5.38. The SMILES string of the molecule is CCOC(=O)c1nn(C)c2c1CCN(CC1(SC(C)(CN)COS(=O)O)CC1)C2=O. The largest absolute Gasteiger partial charge is 0.461 e. The summed E-state index contributed by atoms with van der Waals surface area (Å²) >= 11 is -0.731. The van der Waals surface area contributed by atoms with Crippen LogP contribution in [0.1, 0.15) is 53.2 Å². The number of nitrogens with zero attached hydrogens (tertiary/aromatic N) is 3. The molecule has 2 unspecified atom stereocenters. The van der Waals surface area contributed by atoms with E-state index in [2.05, 4.69) is 5.10 Å². The molecular weight excluding hydrogens is 432 g/mol. The molecule has 2 atom stereocenters. The van der Waals surface area contributed by atoms with E-state index in [-0.39, 0.29) is 36.1 Å². The normalized spacial score (nSPS) is 20.4. The number of aryl methyl sites for hydroxylation is 1. The standard InChI is InChI=1S/C18H28N4O6S2/c1-4-27-16(24)13-12-5-8-22(15(23)14(12)21(3)20-13)10-18(6-7-18)29-17(2,9-19)11-28-30(25)26/h4-11,19H2,1-3H3,(H,25,26). The van der Waals surface area contributed by atoms with Crippen LogP contribution >= 0.6 is 11.8 Å². The van der Waals surface area contributed by atoms with Crippen LogP contribution in [0, 0.1) is 0 Å². The van der Waals surface area contributed by atoms with Gasteiger partial charge >= 0.3 is 17.3 Å². The van der Waals surface area contributed by atoms with Gasteiger partial charge < -0.3 is 15.4 Å². The first kappa shape index (κ1) is 23.2. The summed E-state index contributed by atoms with van der Waals surface area (Å²) in [6.45, 7) is 5.22. The maximum atomic E-state index is 13.2. The van der Waals surface area contributed by atoms with Crippen LogP contribution in [-0.4, -0.2) is 77.7 Å². The van der Waals surface area contributed by atoms with Crippen LogP contribution < -0.4 is 5.73 Å². The van der Waals surface area contributed by atoms with E-state index in [1.54, 1.807) is 30.6 Å². The van der Waals surface area contributed by atoms with Crippen molar-refractivity contribution in [3.63, 3.8) is 0 Å². The Bertz CT molecular complexity index is 856. The molecule has 1 amide bonds. The number of aromatic nitrogens is 2. The summed E-state index contributed by atoms with van der Waals surface area (Å²) in [5, 5.41) is 4.23. The van der Waals surface area contributed by atoms with Gasteiger partial charge in [-0.15, -0.1) is 11.8 Å². The minimum atomic E-state index is -2.35. The molecule has 12 heteroatoms. The van der Waals surface area contributed by atoms with E-state index in [4.69, 9.17) is 19.2 Å². The highest BCUT2D eigenvalue weighted by molar-refractivity contribution is 8.02. The van der Waals surface area contributed by atoms with Gasteiger partial charge in [-0.3, -0.25) is 18.2 Å². The molecule has 3 N–H and O–H groups in total. The Morgan fingerprint density at radius 3 is 2.73 bits per heavy atom. The van der Waals surface area contributed by atoms with Crippen LogP contribution in [0.25, 0.3) is 0 Å². The Morgan fingerprint density at radius 2 is 2.17 bits per heavy atom. The predicted octanol–water partition coefficient (Wildman–Crippen LogP) is 0.732. The van der Waals surface area contributed by atoms with Crippen LogP contribution in [0.5, 0.6) is 0 Å². The lowest BCUT2D eigenvalue weighted by Crippen LogP contribution is -2.45. The van der Waals surface area contributed by atoms with Gasteiger partial charge in [-0.05, 0) is 33.1 Å². The molecule has 0 bridgehead atoms. The van der Waals surface area contributed by atoms with Crippen molar-refractivity contribution in [3.05, 3.63) is 17.0 Å². The molecule has 1 aromatic rings. The number of hydrogen-bond donors (Lipinski definition) is 2. The Morgan fingerprint density at radius 1 is 1.47 bits per heavy atom. The molecule has 168 valence electrons. The zero-order valence-electron chi connectivity index (χ0n) is 17.4. The molecule has 2 heterocycles. The van der Waals surface area contributed by atoms with Gasteiger partial charge in [0.05, 0.1) is 18.0 Å². The van der Waals surface area contributed by atoms with E-state index in [0.717, 1.165) is 12.8 Å². The monoisotopic (exact) mass is 460 g/mol. The van der Waals surface area contributed by atoms with Crippen molar-refractivity contribution in [2.45, 2.75) is 42.6 Å². The molecule has 0 saturated heterocycles. The van der Waals surface area contributed by atoms with Crippen LogP contribution in [0.15, 0.2) is 0 Å². The third-order valence-corrected chi connectivity index (χ3v) is 7.45. The topological polar surface area (TPSA) is 137 Å². The number of fused-ring (bicyclic) bond motifs is 1. The fraction of sp³-hybridized carbons (Fsp3) is 0.722. The van der Waals surface area contributed by atoms with Gasteiger partial charge in [0.2, 0.25) is 0 Å². The molecule has 30 heavy (non-hydrogen) atoms. The van der Waals surface area contributed by atoms with Crippen molar-refractivity contribution in [1.29, 1.82) is 0 Å². The van der Waals surface area contributed by atoms with Gasteiger partial charge in [0.15, 0.2) is 5.69 Å². The number of hydrogen-bond acceptors (Lipinski definition) is 8. The summed E-state index contributed by atoms with van der Waals surface area (Å²) in [4.78, 5) is 27.1. The van der Waals surface area contributed by atoms with Crippen LogP contribution in [-0.2, 0) is 33.7 Å². The number of esters is 1. The van der Waals surface area contributed by atoms with E-state index in [0.29, 0.717) is 30.8 Å². The quantitative estimate of drug-likeness (QED) is 0.382. The third kappa shape index (κ3) is 4.88. The lowest BCUT2D eigenvalue weighted by molar-refractivity contribution is 0.0517.